The van der Waals surface area contributed by atoms with Gasteiger partial charge in [0.2, 0.25) is 0 Å². The van der Waals surface area contributed by atoms with Gasteiger partial charge >= 0.3 is 17.2 Å². The molecule has 0 saturated heterocycles. The van der Waals surface area contributed by atoms with Gasteiger partial charge in [0, 0.05) is 16.7 Å². The second kappa shape index (κ2) is 27.0. The van der Waals surface area contributed by atoms with Gasteiger partial charge in [0.05, 0.1) is 25.2 Å². The van der Waals surface area contributed by atoms with Crippen molar-refractivity contribution >= 4 is 17.2 Å². The molecule has 1 atom stereocenters. The number of aliphatic hydroxyl groups excluding tert-OH is 1. The maximum Gasteiger partial charge on any atom is 0.327 e. The van der Waals surface area contributed by atoms with Crippen molar-refractivity contribution in [3.05, 3.63) is 63.2 Å². The predicted molar refractivity (Wildman–Crippen MR) is 268 cm³/mol. The third kappa shape index (κ3) is 19.5. The van der Waals surface area contributed by atoms with E-state index in [2.05, 4.69) is 121 Å². The van der Waals surface area contributed by atoms with Crippen LogP contribution >= 0.6 is 17.2 Å². The number of hydrogen-bond donors (Lipinski definition) is 5. The maximum absolute atomic E-state index is 11.7. The summed E-state index contributed by atoms with van der Waals surface area (Å²) in [5.74, 6) is 0.714. The maximum atomic E-state index is 11.7. The lowest BCUT2D eigenvalue weighted by atomic mass is 9.68. The summed E-state index contributed by atoms with van der Waals surface area (Å²) in [7, 11) is -5.68. The highest BCUT2D eigenvalue weighted by atomic mass is 31.2. The van der Waals surface area contributed by atoms with E-state index in [0.29, 0.717) is 5.75 Å². The molecule has 0 spiro atoms. The largest absolute Gasteiger partial charge is 0.484 e. The van der Waals surface area contributed by atoms with Crippen LogP contribution in [0.2, 0.25) is 0 Å². The van der Waals surface area contributed by atoms with Crippen molar-refractivity contribution in [1.29, 1.82) is 0 Å². The molecular formula is C53H94O8P2. The lowest BCUT2D eigenvalue weighted by Crippen LogP contribution is -2.46. The van der Waals surface area contributed by atoms with Crippen LogP contribution < -0.4 is 4.74 Å². The lowest BCUT2D eigenvalue weighted by molar-refractivity contribution is -0.0674. The molecular weight excluding hydrogens is 827 g/mol. The molecule has 63 heavy (non-hydrogen) atoms. The molecule has 0 aliphatic carbocycles. The van der Waals surface area contributed by atoms with Gasteiger partial charge in [0.1, 0.15) is 11.9 Å². The van der Waals surface area contributed by atoms with Gasteiger partial charge < -0.3 is 38.5 Å². The van der Waals surface area contributed by atoms with Crippen molar-refractivity contribution in [2.75, 3.05) is 19.8 Å². The van der Waals surface area contributed by atoms with Gasteiger partial charge in [0.15, 0.2) is 0 Å². The molecule has 2 rings (SSSR count). The number of benzene rings is 2. The molecule has 364 valence electrons. The molecule has 8 nitrogen and oxygen atoms in total. The third-order valence-corrected chi connectivity index (χ3v) is 13.3. The number of hydrogen-bond acceptors (Lipinski definition) is 8. The molecule has 0 bridgehead atoms. The van der Waals surface area contributed by atoms with E-state index >= 15 is 0 Å². The Balaban J connectivity index is 3.01. The summed E-state index contributed by atoms with van der Waals surface area (Å²) in [5.41, 5.74) is 4.59. The quantitative estimate of drug-likeness (QED) is 0.0403. The number of aryl methyl sites for hydroxylation is 2. The second-order valence-electron chi connectivity index (χ2n) is 22.6. The van der Waals surface area contributed by atoms with Gasteiger partial charge in [0.25, 0.3) is 0 Å². The van der Waals surface area contributed by atoms with Crippen molar-refractivity contribution in [3.8, 4) is 5.75 Å². The summed E-state index contributed by atoms with van der Waals surface area (Å²) in [4.78, 5) is 40.9. The van der Waals surface area contributed by atoms with Gasteiger partial charge in [-0.1, -0.05) is 211 Å². The predicted octanol–water partition coefficient (Wildman–Crippen LogP) is 14.8. The van der Waals surface area contributed by atoms with E-state index in [-0.39, 0.29) is 24.0 Å². The van der Waals surface area contributed by atoms with E-state index < -0.39 is 46.2 Å². The number of unbranched alkanes of at least 4 members (excludes halogenated alkanes) is 14. The Hall–Kier alpha value is -1.18. The van der Waals surface area contributed by atoms with Crippen molar-refractivity contribution in [1.82, 2.24) is 0 Å². The van der Waals surface area contributed by atoms with E-state index in [1.165, 1.54) is 101 Å². The summed E-state index contributed by atoms with van der Waals surface area (Å²) in [5, 5.41) is 11.7. The molecule has 2 aromatic carbocycles. The highest BCUT2D eigenvalue weighted by Gasteiger charge is 2.48. The molecule has 0 aliphatic rings. The summed E-state index contributed by atoms with van der Waals surface area (Å²) in [6.07, 6.45) is 20.9. The molecule has 1 unspecified atom stereocenters. The Labute approximate surface area is 388 Å². The minimum absolute atomic E-state index is 0.349. The molecule has 0 aromatic heterocycles. The number of aliphatic hydroxyl groups is 1. The zero-order valence-electron chi connectivity index (χ0n) is 42.6. The first kappa shape index (κ1) is 57.9. The van der Waals surface area contributed by atoms with E-state index in [0.717, 1.165) is 53.5 Å². The minimum atomic E-state index is -2.84. The smallest absolute Gasteiger partial charge is 0.327 e. The molecule has 0 amide bonds. The first-order valence-electron chi connectivity index (χ1n) is 24.6. The molecule has 5 N–H and O–H groups in total. The van der Waals surface area contributed by atoms with Gasteiger partial charge in [-0.15, -0.1) is 0 Å². The Bertz CT molecular complexity index is 1510. The van der Waals surface area contributed by atoms with Crippen LogP contribution in [0.1, 0.15) is 245 Å². The summed E-state index contributed by atoms with van der Waals surface area (Å²) in [6.45, 7) is 29.6. The Morgan fingerprint density at radius 1 is 0.460 bits per heavy atom. The molecule has 0 saturated carbocycles. The highest BCUT2D eigenvalue weighted by Crippen LogP contribution is 2.52. The Morgan fingerprint density at radius 2 is 0.762 bits per heavy atom. The van der Waals surface area contributed by atoms with Crippen molar-refractivity contribution in [2.45, 2.75) is 240 Å². The van der Waals surface area contributed by atoms with Crippen LogP contribution in [0.5, 0.6) is 5.75 Å². The fraction of sp³-hybridized carbons (Fsp3) is 0.774. The highest BCUT2D eigenvalue weighted by molar-refractivity contribution is 7.39. The van der Waals surface area contributed by atoms with Crippen molar-refractivity contribution in [2.24, 2.45) is 5.41 Å². The van der Waals surface area contributed by atoms with E-state index in [4.69, 9.17) is 13.8 Å². The summed E-state index contributed by atoms with van der Waals surface area (Å²) in [6, 6.07) is 9.23. The van der Waals surface area contributed by atoms with Crippen LogP contribution in [-0.4, -0.2) is 44.5 Å². The van der Waals surface area contributed by atoms with E-state index in [1.54, 1.807) is 0 Å². The third-order valence-electron chi connectivity index (χ3n) is 12.6. The second-order valence-corrected chi connectivity index (χ2v) is 24.2. The summed E-state index contributed by atoms with van der Waals surface area (Å²) >= 11 is 0. The van der Waals surface area contributed by atoms with Crippen molar-refractivity contribution in [3.63, 3.8) is 0 Å². The zero-order valence-corrected chi connectivity index (χ0v) is 44.4. The molecule has 0 radical (unpaired) electrons. The first-order chi connectivity index (χ1) is 29.3. The zero-order chi connectivity index (χ0) is 47.6. The Morgan fingerprint density at radius 3 is 1.05 bits per heavy atom. The Kier molecular flexibility index (Phi) is 24.8. The fourth-order valence-corrected chi connectivity index (χ4v) is 9.47. The van der Waals surface area contributed by atoms with Gasteiger partial charge in [-0.25, -0.2) is 0 Å². The normalized spacial score (nSPS) is 13.7. The van der Waals surface area contributed by atoms with Crippen LogP contribution in [0.3, 0.4) is 0 Å². The molecule has 0 aliphatic heterocycles. The van der Waals surface area contributed by atoms with Crippen LogP contribution in [0.15, 0.2) is 24.3 Å². The van der Waals surface area contributed by atoms with Crippen LogP contribution in [0.25, 0.3) is 0 Å². The molecule has 2 aromatic rings. The van der Waals surface area contributed by atoms with E-state index in [9.17, 15) is 24.7 Å². The first-order valence-corrected chi connectivity index (χ1v) is 26.9. The SMILES string of the molecule is CCCCCCCCCCc1cc(C(C)(C)C)c(OC(c2c(C(C)(C)C)cc(CCCCCCCCCC)cc2C(C)(C)C)C(CO)(COP(O)O)COP(O)O)c(C(C)(C)C)c1. The monoisotopic (exact) mass is 921 g/mol. The van der Waals surface area contributed by atoms with Gasteiger partial charge in [-0.05, 0) is 69.6 Å². The fourth-order valence-electron chi connectivity index (χ4n) is 8.73. The molecule has 0 heterocycles. The van der Waals surface area contributed by atoms with Crippen LogP contribution in [0, 0.1) is 5.41 Å². The minimum Gasteiger partial charge on any atom is -0.484 e. The lowest BCUT2D eigenvalue weighted by Gasteiger charge is -2.44. The average Bonchev–Trinajstić information content (AvgIpc) is 3.17. The molecule has 10 heteroatoms. The van der Waals surface area contributed by atoms with Gasteiger partial charge in [-0.3, -0.25) is 0 Å². The molecule has 0 fully saturated rings. The van der Waals surface area contributed by atoms with Gasteiger partial charge in [-0.2, -0.15) is 0 Å². The summed E-state index contributed by atoms with van der Waals surface area (Å²) < 4.78 is 19.0. The number of ether oxygens (including phenoxy) is 1. The standard InChI is InChI=1S/C53H94O8P2/c1-15-17-19-21-23-25-27-29-31-40-33-42(49(3,4)5)46(43(34-40)50(6,7)8)48(53(37-54,38-59-62(55)56)39-60-63(57)58)61-47-44(51(9,10)11)35-41(36-45(47)52(12,13)14)32-30-28-26-24-22-20-18-16-2/h33-36,48,54-58H,15-32,37-39H2,1-14H3. The van der Waals surface area contributed by atoms with Crippen LogP contribution in [-0.2, 0) is 43.5 Å². The van der Waals surface area contributed by atoms with E-state index in [1.807, 2.05) is 0 Å². The van der Waals surface area contributed by atoms with Crippen molar-refractivity contribution < 1.29 is 38.5 Å². The number of rotatable bonds is 29. The average molecular weight is 921 g/mol. The topological polar surface area (TPSA) is 129 Å². The van der Waals surface area contributed by atoms with Crippen LogP contribution in [0.4, 0.5) is 0 Å².